The van der Waals surface area contributed by atoms with Crippen molar-refractivity contribution in [1.82, 2.24) is 14.7 Å². The Morgan fingerprint density at radius 2 is 1.91 bits per heavy atom. The summed E-state index contributed by atoms with van der Waals surface area (Å²) in [5.41, 5.74) is 1.21. The number of nitrogens with zero attached hydrogens (tertiary/aromatic N) is 3. The molecule has 0 aliphatic carbocycles. The summed E-state index contributed by atoms with van der Waals surface area (Å²) in [6.45, 7) is 15.5. The van der Waals surface area contributed by atoms with E-state index in [4.69, 9.17) is 4.98 Å². The lowest BCUT2D eigenvalue weighted by atomic mass is 9.83. The summed E-state index contributed by atoms with van der Waals surface area (Å²) >= 11 is 1.17. The van der Waals surface area contributed by atoms with Crippen LogP contribution in [0.5, 0.6) is 0 Å². The number of pyridine rings is 2. The Labute approximate surface area is 213 Å². The molecular weight excluding hydrogens is 458 g/mol. The quantitative estimate of drug-likeness (QED) is 0.524. The van der Waals surface area contributed by atoms with Gasteiger partial charge in [0.25, 0.3) is 5.91 Å². The molecule has 35 heavy (non-hydrogen) atoms. The van der Waals surface area contributed by atoms with Gasteiger partial charge in [0.1, 0.15) is 16.7 Å². The van der Waals surface area contributed by atoms with Gasteiger partial charge in [-0.3, -0.25) is 14.3 Å². The standard InChI is InChI=1S/C27H37N5O2S/c1-16-13-20(17(2)33)28-22-9-8-10-23(30-22)35-31-25(34)19-11-12-21(26(3,4)5)29-24(19)32-15-18(16)14-27(32,6)7/h8-12,16,18,20H,13-15H2,1-7H3,(H,28,30)(H,31,34). The summed E-state index contributed by atoms with van der Waals surface area (Å²) in [6.07, 6.45) is 1.69. The highest BCUT2D eigenvalue weighted by atomic mass is 32.2. The molecular formula is C27H37N5O2S. The van der Waals surface area contributed by atoms with E-state index in [0.29, 0.717) is 28.2 Å². The van der Waals surface area contributed by atoms with Crippen molar-refractivity contribution in [3.05, 3.63) is 41.6 Å². The number of Topliss-reactive ketones (excluding diaryl/α,β-unsaturated/α-hetero) is 1. The third-order valence-corrected chi connectivity index (χ3v) is 7.97. The van der Waals surface area contributed by atoms with Crippen LogP contribution in [0.25, 0.3) is 0 Å². The molecule has 2 aromatic rings. The number of fused-ring (bicyclic) bond motifs is 6. The van der Waals surface area contributed by atoms with Gasteiger partial charge >= 0.3 is 0 Å². The SMILES string of the molecule is CC(=O)C1CC(C)C2CN(c3nc(C(C)(C)C)ccc3C(=O)NSc3cccc(n3)N1)C(C)(C)C2. The number of hydrogen-bond donors (Lipinski definition) is 2. The molecule has 7 nitrogen and oxygen atoms in total. The van der Waals surface area contributed by atoms with Crippen LogP contribution in [0, 0.1) is 11.8 Å². The third-order valence-electron chi connectivity index (χ3n) is 7.25. The molecule has 2 N–H and O–H groups in total. The van der Waals surface area contributed by atoms with Gasteiger partial charge in [-0.05, 0) is 69.7 Å². The average Bonchev–Trinajstić information content (AvgIpc) is 3.10. The van der Waals surface area contributed by atoms with E-state index in [0.717, 1.165) is 30.9 Å². The molecule has 1 saturated heterocycles. The molecule has 188 valence electrons. The van der Waals surface area contributed by atoms with Gasteiger partial charge < -0.3 is 10.2 Å². The van der Waals surface area contributed by atoms with Gasteiger partial charge in [0.05, 0.1) is 11.6 Å². The highest BCUT2D eigenvalue weighted by Gasteiger charge is 2.43. The van der Waals surface area contributed by atoms with Crippen LogP contribution in [0.1, 0.15) is 77.4 Å². The van der Waals surface area contributed by atoms with E-state index in [-0.39, 0.29) is 28.7 Å². The Bertz CT molecular complexity index is 1130. The number of aromatic nitrogens is 2. The van der Waals surface area contributed by atoms with E-state index < -0.39 is 0 Å². The Morgan fingerprint density at radius 3 is 2.60 bits per heavy atom. The van der Waals surface area contributed by atoms with E-state index in [1.165, 1.54) is 11.9 Å². The highest BCUT2D eigenvalue weighted by molar-refractivity contribution is 7.97. The minimum atomic E-state index is -0.312. The molecule has 2 aromatic heterocycles. The Hall–Kier alpha value is -2.61. The van der Waals surface area contributed by atoms with Gasteiger partial charge in [-0.15, -0.1) is 0 Å². The largest absolute Gasteiger partial charge is 0.360 e. The maximum absolute atomic E-state index is 13.4. The number of anilines is 2. The van der Waals surface area contributed by atoms with Crippen LogP contribution in [-0.4, -0.2) is 39.8 Å². The predicted molar refractivity (Wildman–Crippen MR) is 142 cm³/mol. The molecule has 4 bridgehead atoms. The third kappa shape index (κ3) is 5.47. The number of ketones is 1. The van der Waals surface area contributed by atoms with Crippen LogP contribution in [-0.2, 0) is 10.2 Å². The van der Waals surface area contributed by atoms with Crippen molar-refractivity contribution < 1.29 is 9.59 Å². The van der Waals surface area contributed by atoms with E-state index >= 15 is 0 Å². The van der Waals surface area contributed by atoms with Gasteiger partial charge in [-0.25, -0.2) is 9.97 Å². The Morgan fingerprint density at radius 1 is 1.17 bits per heavy atom. The number of hydrogen-bond acceptors (Lipinski definition) is 7. The second-order valence-corrected chi connectivity index (χ2v) is 12.4. The van der Waals surface area contributed by atoms with Gasteiger partial charge in [0.15, 0.2) is 5.78 Å². The van der Waals surface area contributed by atoms with Gasteiger partial charge in [0.2, 0.25) is 0 Å². The minimum absolute atomic E-state index is 0.102. The van der Waals surface area contributed by atoms with Gasteiger partial charge in [0, 0.05) is 35.1 Å². The van der Waals surface area contributed by atoms with E-state index in [2.05, 4.69) is 61.5 Å². The molecule has 0 saturated carbocycles. The van der Waals surface area contributed by atoms with Crippen molar-refractivity contribution in [2.45, 2.75) is 83.3 Å². The van der Waals surface area contributed by atoms with E-state index in [9.17, 15) is 9.59 Å². The molecule has 3 atom stereocenters. The molecule has 8 heteroatoms. The van der Waals surface area contributed by atoms with Gasteiger partial charge in [-0.2, -0.15) is 0 Å². The first-order valence-corrected chi connectivity index (χ1v) is 13.2. The lowest BCUT2D eigenvalue weighted by Gasteiger charge is -2.34. The summed E-state index contributed by atoms with van der Waals surface area (Å²) < 4.78 is 2.96. The Kier molecular flexibility index (Phi) is 6.88. The van der Waals surface area contributed by atoms with Crippen molar-refractivity contribution in [3.8, 4) is 0 Å². The zero-order chi connectivity index (χ0) is 25.5. The van der Waals surface area contributed by atoms with Crippen LogP contribution in [0.4, 0.5) is 11.6 Å². The normalized spacial score (nSPS) is 24.5. The summed E-state index contributed by atoms with van der Waals surface area (Å²) in [5, 5.41) is 3.99. The topological polar surface area (TPSA) is 87.2 Å². The van der Waals surface area contributed by atoms with Crippen molar-refractivity contribution >= 4 is 35.3 Å². The summed E-state index contributed by atoms with van der Waals surface area (Å²) in [6, 6.07) is 9.13. The fraction of sp³-hybridized carbons (Fsp3) is 0.556. The first kappa shape index (κ1) is 25.5. The maximum atomic E-state index is 13.4. The Balaban J connectivity index is 1.81. The van der Waals surface area contributed by atoms with Crippen LogP contribution >= 0.6 is 11.9 Å². The molecule has 0 radical (unpaired) electrons. The number of carbonyl (C=O) groups is 2. The van der Waals surface area contributed by atoms with Crippen molar-refractivity contribution in [1.29, 1.82) is 0 Å². The smallest absolute Gasteiger partial charge is 0.265 e. The molecule has 1 amide bonds. The summed E-state index contributed by atoms with van der Waals surface area (Å²) in [5.74, 6) is 1.94. The fourth-order valence-electron chi connectivity index (χ4n) is 5.08. The lowest BCUT2D eigenvalue weighted by Crippen LogP contribution is -2.40. The van der Waals surface area contributed by atoms with Crippen molar-refractivity contribution in [3.63, 3.8) is 0 Å². The van der Waals surface area contributed by atoms with Crippen molar-refractivity contribution in [2.75, 3.05) is 16.8 Å². The average molecular weight is 496 g/mol. The zero-order valence-electron chi connectivity index (χ0n) is 21.8. The molecule has 2 aliphatic rings. The molecule has 0 aromatic carbocycles. The van der Waals surface area contributed by atoms with E-state index in [1.54, 1.807) is 6.92 Å². The first-order chi connectivity index (χ1) is 16.3. The van der Waals surface area contributed by atoms with Crippen LogP contribution in [0.15, 0.2) is 35.4 Å². The second-order valence-electron chi connectivity index (χ2n) is 11.6. The minimum Gasteiger partial charge on any atom is -0.360 e. The van der Waals surface area contributed by atoms with Crippen LogP contribution in [0.2, 0.25) is 0 Å². The lowest BCUT2D eigenvalue weighted by molar-refractivity contribution is -0.118. The van der Waals surface area contributed by atoms with E-state index in [1.807, 2.05) is 30.3 Å². The van der Waals surface area contributed by atoms with Crippen LogP contribution in [0.3, 0.4) is 0 Å². The van der Waals surface area contributed by atoms with Crippen molar-refractivity contribution in [2.24, 2.45) is 11.8 Å². The number of carbonyl (C=O) groups excluding carboxylic acids is 2. The maximum Gasteiger partial charge on any atom is 0.265 e. The summed E-state index contributed by atoms with van der Waals surface area (Å²) in [4.78, 5) is 37.9. The molecule has 4 heterocycles. The molecule has 2 aliphatic heterocycles. The number of amides is 1. The van der Waals surface area contributed by atoms with Gasteiger partial charge in [-0.1, -0.05) is 33.8 Å². The highest BCUT2D eigenvalue weighted by Crippen LogP contribution is 2.42. The fourth-order valence-corrected chi connectivity index (χ4v) is 5.67. The predicted octanol–water partition coefficient (Wildman–Crippen LogP) is 5.23. The number of rotatable bonds is 1. The summed E-state index contributed by atoms with van der Waals surface area (Å²) in [7, 11) is 0. The monoisotopic (exact) mass is 495 g/mol. The molecule has 3 unspecified atom stereocenters. The van der Waals surface area contributed by atoms with Crippen LogP contribution < -0.4 is 14.9 Å². The second kappa shape index (κ2) is 9.45. The molecule has 0 spiro atoms. The zero-order valence-corrected chi connectivity index (χ0v) is 22.6. The number of nitrogens with one attached hydrogen (secondary N) is 2. The molecule has 4 rings (SSSR count). The molecule has 1 fully saturated rings. The first-order valence-electron chi connectivity index (χ1n) is 12.4.